The van der Waals surface area contributed by atoms with E-state index in [0.717, 1.165) is 38.5 Å². The molecule has 1 aliphatic heterocycles. The summed E-state index contributed by atoms with van der Waals surface area (Å²) in [7, 11) is 0. The van der Waals surface area contributed by atoms with Gasteiger partial charge in [0.1, 0.15) is 0 Å². The first-order chi connectivity index (χ1) is 9.33. The van der Waals surface area contributed by atoms with Gasteiger partial charge in [0.15, 0.2) is 0 Å². The van der Waals surface area contributed by atoms with Crippen molar-refractivity contribution in [2.24, 2.45) is 5.92 Å². The smallest absolute Gasteiger partial charge is 0.223 e. The number of rotatable bonds is 2. The van der Waals surface area contributed by atoms with Gasteiger partial charge in [0, 0.05) is 12.0 Å². The largest absolute Gasteiger partial charge is 0.373 e. The zero-order valence-electron chi connectivity index (χ0n) is 11.3. The minimum absolute atomic E-state index is 0.172. The molecule has 3 aliphatic rings. The van der Waals surface area contributed by atoms with Crippen LogP contribution >= 0.6 is 0 Å². The molecule has 1 N–H and O–H groups in total. The molecule has 0 radical (unpaired) electrons. The highest BCUT2D eigenvalue weighted by Crippen LogP contribution is 2.27. The molecule has 0 aromatic heterocycles. The summed E-state index contributed by atoms with van der Waals surface area (Å²) in [6.45, 7) is 1.40. The normalized spacial score (nSPS) is 38.5. The van der Waals surface area contributed by atoms with E-state index in [2.05, 4.69) is 17.5 Å². The first kappa shape index (κ1) is 13.1. The van der Waals surface area contributed by atoms with Crippen LogP contribution in [-0.4, -0.2) is 37.4 Å². The van der Waals surface area contributed by atoms with E-state index in [4.69, 9.17) is 9.47 Å². The summed E-state index contributed by atoms with van der Waals surface area (Å²) in [6.07, 6.45) is 10.6. The lowest BCUT2D eigenvalue weighted by molar-refractivity contribution is -0.159. The summed E-state index contributed by atoms with van der Waals surface area (Å²) in [5, 5.41) is 3.21. The van der Waals surface area contributed by atoms with E-state index in [1.165, 1.54) is 0 Å². The predicted octanol–water partition coefficient (Wildman–Crippen LogP) is 1.80. The van der Waals surface area contributed by atoms with Crippen LogP contribution in [0.25, 0.3) is 0 Å². The minimum Gasteiger partial charge on any atom is -0.373 e. The van der Waals surface area contributed by atoms with Crippen molar-refractivity contribution in [3.8, 4) is 0 Å². The van der Waals surface area contributed by atoms with Crippen molar-refractivity contribution in [1.29, 1.82) is 0 Å². The number of carbonyl (C=O) groups is 1. The fourth-order valence-electron chi connectivity index (χ4n) is 3.35. The molecule has 4 atom stereocenters. The van der Waals surface area contributed by atoms with Gasteiger partial charge in [0.05, 0.1) is 25.4 Å². The molecular weight excluding hydrogens is 242 g/mol. The third-order valence-corrected chi connectivity index (χ3v) is 4.46. The summed E-state index contributed by atoms with van der Waals surface area (Å²) >= 11 is 0. The molecule has 1 saturated heterocycles. The lowest BCUT2D eigenvalue weighted by Gasteiger charge is -2.39. The van der Waals surface area contributed by atoms with Crippen molar-refractivity contribution in [1.82, 2.24) is 5.32 Å². The number of hydrogen-bond acceptors (Lipinski definition) is 3. The Hall–Kier alpha value is -0.870. The van der Waals surface area contributed by atoms with Crippen molar-refractivity contribution < 1.29 is 14.3 Å². The summed E-state index contributed by atoms with van der Waals surface area (Å²) in [6, 6.07) is 0.265. The molecule has 0 aromatic rings. The van der Waals surface area contributed by atoms with E-state index in [0.29, 0.717) is 13.2 Å². The average Bonchev–Trinajstić information content (AvgIpc) is 2.48. The highest BCUT2D eigenvalue weighted by molar-refractivity contribution is 5.79. The quantitative estimate of drug-likeness (QED) is 0.774. The Balaban J connectivity index is 1.50. The Morgan fingerprint density at radius 3 is 2.68 bits per heavy atom. The number of amides is 1. The standard InChI is InChI=1S/C15H23NO3/c17-15(11-4-2-1-3-5-11)16-12-6-7-13-14(10-12)19-9-8-18-13/h1-2,11-14H,3-10H2,(H,16,17). The highest BCUT2D eigenvalue weighted by atomic mass is 16.6. The Morgan fingerprint density at radius 2 is 1.89 bits per heavy atom. The maximum absolute atomic E-state index is 12.2. The molecule has 19 heavy (non-hydrogen) atoms. The number of hydrogen-bond donors (Lipinski definition) is 1. The molecule has 1 amide bonds. The summed E-state index contributed by atoms with van der Waals surface area (Å²) in [5.74, 6) is 0.399. The minimum atomic E-state index is 0.172. The fourth-order valence-corrected chi connectivity index (χ4v) is 3.35. The van der Waals surface area contributed by atoms with E-state index >= 15 is 0 Å². The Kier molecular flexibility index (Phi) is 4.18. The van der Waals surface area contributed by atoms with Gasteiger partial charge in [-0.3, -0.25) is 4.79 Å². The van der Waals surface area contributed by atoms with Crippen LogP contribution in [0.4, 0.5) is 0 Å². The van der Waals surface area contributed by atoms with E-state index in [1.807, 2.05) is 0 Å². The van der Waals surface area contributed by atoms with Gasteiger partial charge in [0.2, 0.25) is 5.91 Å². The molecule has 2 fully saturated rings. The van der Waals surface area contributed by atoms with Crippen LogP contribution in [0.2, 0.25) is 0 Å². The molecule has 3 rings (SSSR count). The Labute approximate surface area is 114 Å². The molecule has 4 unspecified atom stereocenters. The molecule has 1 saturated carbocycles. The van der Waals surface area contributed by atoms with Crippen molar-refractivity contribution in [2.75, 3.05) is 13.2 Å². The third-order valence-electron chi connectivity index (χ3n) is 4.46. The van der Waals surface area contributed by atoms with Gasteiger partial charge in [-0.15, -0.1) is 0 Å². The van der Waals surface area contributed by atoms with Gasteiger partial charge in [0.25, 0.3) is 0 Å². The second-order valence-corrected chi connectivity index (χ2v) is 5.82. The number of allylic oxidation sites excluding steroid dienone is 2. The van der Waals surface area contributed by atoms with Gasteiger partial charge >= 0.3 is 0 Å². The van der Waals surface area contributed by atoms with Crippen molar-refractivity contribution in [3.05, 3.63) is 12.2 Å². The lowest BCUT2D eigenvalue weighted by Crippen LogP contribution is -2.50. The maximum atomic E-state index is 12.2. The van der Waals surface area contributed by atoms with Crippen LogP contribution in [0.15, 0.2) is 12.2 Å². The van der Waals surface area contributed by atoms with Gasteiger partial charge < -0.3 is 14.8 Å². The number of nitrogens with one attached hydrogen (secondary N) is 1. The SMILES string of the molecule is O=C(NC1CCC2OCCOC2C1)C1CC=CCC1. The van der Waals surface area contributed by atoms with E-state index in [9.17, 15) is 4.79 Å². The highest BCUT2D eigenvalue weighted by Gasteiger charge is 2.35. The summed E-state index contributed by atoms with van der Waals surface area (Å²) in [4.78, 5) is 12.2. The molecule has 2 aliphatic carbocycles. The zero-order valence-corrected chi connectivity index (χ0v) is 11.3. The van der Waals surface area contributed by atoms with E-state index in [-0.39, 0.29) is 30.1 Å². The van der Waals surface area contributed by atoms with Crippen LogP contribution in [-0.2, 0) is 14.3 Å². The molecule has 4 nitrogen and oxygen atoms in total. The molecule has 0 spiro atoms. The fraction of sp³-hybridized carbons (Fsp3) is 0.800. The first-order valence-corrected chi connectivity index (χ1v) is 7.51. The van der Waals surface area contributed by atoms with Crippen LogP contribution in [0.1, 0.15) is 38.5 Å². The Bertz CT molecular complexity index is 355. The number of carbonyl (C=O) groups excluding carboxylic acids is 1. The van der Waals surface area contributed by atoms with Gasteiger partial charge in [-0.05, 0) is 38.5 Å². The molecule has 4 heteroatoms. The summed E-state index contributed by atoms with van der Waals surface area (Å²) in [5.41, 5.74) is 0. The van der Waals surface area contributed by atoms with E-state index < -0.39 is 0 Å². The lowest BCUT2D eigenvalue weighted by atomic mass is 9.88. The van der Waals surface area contributed by atoms with Gasteiger partial charge in [-0.2, -0.15) is 0 Å². The summed E-state index contributed by atoms with van der Waals surface area (Å²) < 4.78 is 11.5. The predicted molar refractivity (Wildman–Crippen MR) is 71.7 cm³/mol. The molecule has 106 valence electrons. The second-order valence-electron chi connectivity index (χ2n) is 5.82. The number of ether oxygens (including phenoxy) is 2. The monoisotopic (exact) mass is 265 g/mol. The van der Waals surface area contributed by atoms with Gasteiger partial charge in [-0.1, -0.05) is 12.2 Å². The molecule has 0 bridgehead atoms. The third kappa shape index (κ3) is 3.18. The van der Waals surface area contributed by atoms with E-state index in [1.54, 1.807) is 0 Å². The Morgan fingerprint density at radius 1 is 1.05 bits per heavy atom. The second kappa shape index (κ2) is 6.06. The van der Waals surface area contributed by atoms with Crippen molar-refractivity contribution >= 4 is 5.91 Å². The van der Waals surface area contributed by atoms with Crippen molar-refractivity contribution in [3.63, 3.8) is 0 Å². The topological polar surface area (TPSA) is 47.6 Å². The first-order valence-electron chi connectivity index (χ1n) is 7.51. The maximum Gasteiger partial charge on any atom is 0.223 e. The molecule has 1 heterocycles. The van der Waals surface area contributed by atoms with Crippen molar-refractivity contribution in [2.45, 2.75) is 56.8 Å². The molecular formula is C15H23NO3. The van der Waals surface area contributed by atoms with Crippen LogP contribution in [0, 0.1) is 5.92 Å². The average molecular weight is 265 g/mol. The van der Waals surface area contributed by atoms with Crippen LogP contribution in [0.5, 0.6) is 0 Å². The van der Waals surface area contributed by atoms with Crippen LogP contribution in [0.3, 0.4) is 0 Å². The van der Waals surface area contributed by atoms with Crippen LogP contribution < -0.4 is 5.32 Å². The zero-order chi connectivity index (χ0) is 13.1. The number of fused-ring (bicyclic) bond motifs is 1. The van der Waals surface area contributed by atoms with Gasteiger partial charge in [-0.25, -0.2) is 0 Å². The molecule has 0 aromatic carbocycles.